The summed E-state index contributed by atoms with van der Waals surface area (Å²) in [4.78, 5) is 0. The highest BCUT2D eigenvalue weighted by atomic mass is 35.5. The highest BCUT2D eigenvalue weighted by molar-refractivity contribution is 6.31. The van der Waals surface area contributed by atoms with E-state index in [2.05, 4.69) is 12.2 Å². The predicted molar refractivity (Wildman–Crippen MR) is 66.3 cm³/mol. The Labute approximate surface area is 106 Å². The zero-order chi connectivity index (χ0) is 11.9. The molecule has 0 spiro atoms. The molecule has 2 aliphatic rings. The van der Waals surface area contributed by atoms with Crippen molar-refractivity contribution in [3.63, 3.8) is 0 Å². The highest BCUT2D eigenvalue weighted by Crippen LogP contribution is 2.41. The average molecular weight is 254 g/mol. The van der Waals surface area contributed by atoms with Crippen molar-refractivity contribution in [1.29, 1.82) is 0 Å². The van der Waals surface area contributed by atoms with Gasteiger partial charge in [0.2, 0.25) is 0 Å². The molecule has 1 N–H and O–H groups in total. The average Bonchev–Trinajstić information content (AvgIpc) is 2.76. The van der Waals surface area contributed by atoms with Crippen LogP contribution in [-0.4, -0.2) is 13.3 Å². The van der Waals surface area contributed by atoms with Gasteiger partial charge in [-0.3, -0.25) is 0 Å². The number of benzene rings is 1. The number of hydrogen-bond acceptors (Lipinski definition) is 3. The van der Waals surface area contributed by atoms with Crippen molar-refractivity contribution in [3.8, 4) is 5.75 Å². The molecule has 0 amide bonds. The number of ether oxygens (including phenoxy) is 2. The summed E-state index contributed by atoms with van der Waals surface area (Å²) in [6.45, 7) is 4.16. The molecule has 2 heterocycles. The maximum Gasteiger partial charge on any atom is 0.189 e. The quantitative estimate of drug-likeness (QED) is 0.835. The molecule has 0 aliphatic carbocycles. The van der Waals surface area contributed by atoms with Crippen molar-refractivity contribution in [1.82, 2.24) is 5.32 Å². The molecule has 1 saturated heterocycles. The maximum absolute atomic E-state index is 6.38. The number of halogens is 1. The van der Waals surface area contributed by atoms with Crippen molar-refractivity contribution in [2.45, 2.75) is 31.9 Å². The van der Waals surface area contributed by atoms with Gasteiger partial charge in [-0.25, -0.2) is 0 Å². The normalized spacial score (nSPS) is 27.6. The molecule has 1 unspecified atom stereocenters. The third-order valence-corrected chi connectivity index (χ3v) is 4.00. The summed E-state index contributed by atoms with van der Waals surface area (Å²) in [5, 5.41) is 4.35. The molecule has 2 aliphatic heterocycles. The van der Waals surface area contributed by atoms with Gasteiger partial charge in [0.05, 0.1) is 6.61 Å². The van der Waals surface area contributed by atoms with E-state index in [9.17, 15) is 0 Å². The summed E-state index contributed by atoms with van der Waals surface area (Å²) >= 11 is 6.38. The maximum atomic E-state index is 6.38. The molecule has 1 aromatic carbocycles. The minimum atomic E-state index is -0.0491. The number of hydrogen-bond donors (Lipinski definition) is 1. The Hall–Kier alpha value is -0.770. The molecular weight excluding hydrogens is 238 g/mol. The fourth-order valence-corrected chi connectivity index (χ4v) is 3.22. The van der Waals surface area contributed by atoms with E-state index >= 15 is 0 Å². The van der Waals surface area contributed by atoms with Crippen LogP contribution in [0.3, 0.4) is 0 Å². The van der Waals surface area contributed by atoms with Crippen molar-refractivity contribution in [3.05, 3.63) is 28.3 Å². The molecule has 3 rings (SSSR count). The van der Waals surface area contributed by atoms with Gasteiger partial charge in [-0.05, 0) is 44.0 Å². The Morgan fingerprint density at radius 1 is 1.41 bits per heavy atom. The van der Waals surface area contributed by atoms with Crippen LogP contribution in [0.1, 0.15) is 30.9 Å². The van der Waals surface area contributed by atoms with Crippen LogP contribution in [-0.2, 0) is 16.9 Å². The highest BCUT2D eigenvalue weighted by Gasteiger charge is 2.35. The first-order chi connectivity index (χ1) is 8.21. The Balaban J connectivity index is 2.14. The summed E-state index contributed by atoms with van der Waals surface area (Å²) in [5.41, 5.74) is 2.20. The van der Waals surface area contributed by atoms with Gasteiger partial charge in [0, 0.05) is 16.1 Å². The van der Waals surface area contributed by atoms with Crippen LogP contribution in [0, 0.1) is 0 Å². The van der Waals surface area contributed by atoms with Crippen LogP contribution < -0.4 is 10.1 Å². The van der Waals surface area contributed by atoms with Gasteiger partial charge in [-0.1, -0.05) is 11.6 Å². The topological polar surface area (TPSA) is 30.5 Å². The standard InChI is InChI=1S/C13H16ClNO2/c1-13(5-2-6-15-13)12-9-7-16-8-17-11(9)4-3-10(12)14/h3-4,15H,2,5-8H2,1H3. The largest absolute Gasteiger partial charge is 0.467 e. The summed E-state index contributed by atoms with van der Waals surface area (Å²) in [7, 11) is 0. The molecule has 0 bridgehead atoms. The zero-order valence-corrected chi connectivity index (χ0v) is 10.6. The lowest BCUT2D eigenvalue weighted by atomic mass is 9.86. The second-order valence-corrected chi connectivity index (χ2v) is 5.28. The van der Waals surface area contributed by atoms with Crippen molar-refractivity contribution in [2.24, 2.45) is 0 Å². The van der Waals surface area contributed by atoms with Crippen LogP contribution in [0.4, 0.5) is 0 Å². The fourth-order valence-electron chi connectivity index (χ4n) is 2.83. The van der Waals surface area contributed by atoms with Gasteiger partial charge >= 0.3 is 0 Å². The van der Waals surface area contributed by atoms with Gasteiger partial charge in [-0.15, -0.1) is 0 Å². The second kappa shape index (κ2) is 4.16. The van der Waals surface area contributed by atoms with Gasteiger partial charge in [0.25, 0.3) is 0 Å². The molecule has 17 heavy (non-hydrogen) atoms. The van der Waals surface area contributed by atoms with Crippen molar-refractivity contribution in [2.75, 3.05) is 13.3 Å². The molecule has 0 radical (unpaired) electrons. The Kier molecular flexibility index (Phi) is 2.77. The van der Waals surface area contributed by atoms with E-state index in [1.165, 1.54) is 6.42 Å². The lowest BCUT2D eigenvalue weighted by Gasteiger charge is -2.31. The van der Waals surface area contributed by atoms with E-state index in [1.807, 2.05) is 12.1 Å². The van der Waals surface area contributed by atoms with E-state index in [4.69, 9.17) is 21.1 Å². The molecular formula is C13H16ClNO2. The molecule has 0 aromatic heterocycles. The minimum Gasteiger partial charge on any atom is -0.467 e. The van der Waals surface area contributed by atoms with Gasteiger partial charge in [0.1, 0.15) is 5.75 Å². The Morgan fingerprint density at radius 2 is 2.29 bits per heavy atom. The van der Waals surface area contributed by atoms with Crippen LogP contribution in [0.5, 0.6) is 5.75 Å². The van der Waals surface area contributed by atoms with E-state index in [0.717, 1.165) is 34.9 Å². The molecule has 3 nitrogen and oxygen atoms in total. The number of nitrogens with one attached hydrogen (secondary N) is 1. The molecule has 0 saturated carbocycles. The van der Waals surface area contributed by atoms with Crippen LogP contribution in [0.15, 0.2) is 12.1 Å². The van der Waals surface area contributed by atoms with E-state index < -0.39 is 0 Å². The Morgan fingerprint density at radius 3 is 3.06 bits per heavy atom. The van der Waals surface area contributed by atoms with E-state index in [1.54, 1.807) is 0 Å². The molecule has 1 fully saturated rings. The van der Waals surface area contributed by atoms with Crippen molar-refractivity contribution < 1.29 is 9.47 Å². The predicted octanol–water partition coefficient (Wildman–Crippen LogP) is 2.81. The van der Waals surface area contributed by atoms with Crippen LogP contribution >= 0.6 is 11.6 Å². The first kappa shape index (κ1) is 11.3. The van der Waals surface area contributed by atoms with Gasteiger partial charge in [-0.2, -0.15) is 0 Å². The SMILES string of the molecule is CC1(c2c(Cl)ccc3c2COCO3)CCCN1. The van der Waals surface area contributed by atoms with Crippen molar-refractivity contribution >= 4 is 11.6 Å². The third kappa shape index (κ3) is 1.82. The molecule has 4 heteroatoms. The van der Waals surface area contributed by atoms with E-state index in [0.29, 0.717) is 13.4 Å². The number of rotatable bonds is 1. The zero-order valence-electron chi connectivity index (χ0n) is 9.88. The molecule has 1 atom stereocenters. The van der Waals surface area contributed by atoms with Crippen LogP contribution in [0.2, 0.25) is 5.02 Å². The summed E-state index contributed by atoms with van der Waals surface area (Å²) in [6.07, 6.45) is 2.28. The first-order valence-electron chi connectivity index (χ1n) is 5.98. The van der Waals surface area contributed by atoms with Gasteiger partial charge in [0.15, 0.2) is 6.79 Å². The summed E-state index contributed by atoms with van der Waals surface area (Å²) in [6, 6.07) is 3.86. The third-order valence-electron chi connectivity index (χ3n) is 3.68. The first-order valence-corrected chi connectivity index (χ1v) is 6.36. The Bertz CT molecular complexity index is 441. The van der Waals surface area contributed by atoms with Crippen LogP contribution in [0.25, 0.3) is 0 Å². The lowest BCUT2D eigenvalue weighted by Crippen LogP contribution is -2.35. The minimum absolute atomic E-state index is 0.0491. The monoisotopic (exact) mass is 253 g/mol. The second-order valence-electron chi connectivity index (χ2n) is 4.87. The number of fused-ring (bicyclic) bond motifs is 1. The van der Waals surface area contributed by atoms with Gasteiger partial charge < -0.3 is 14.8 Å². The molecule has 1 aromatic rings. The molecule has 92 valence electrons. The fraction of sp³-hybridized carbons (Fsp3) is 0.538. The summed E-state index contributed by atoms with van der Waals surface area (Å²) in [5.74, 6) is 0.908. The lowest BCUT2D eigenvalue weighted by molar-refractivity contribution is -0.0174. The summed E-state index contributed by atoms with van der Waals surface area (Å²) < 4.78 is 10.9. The van der Waals surface area contributed by atoms with E-state index in [-0.39, 0.29) is 5.54 Å². The smallest absolute Gasteiger partial charge is 0.189 e.